The number of amides is 2. The average molecular weight is 383 g/mol. The number of carbonyl (C=O) groups excluding carboxylic acids is 2. The van der Waals surface area contributed by atoms with Gasteiger partial charge in [-0.25, -0.2) is 4.98 Å². The maximum absolute atomic E-state index is 12.6. The molecule has 0 N–H and O–H groups in total. The molecule has 1 aromatic heterocycles. The van der Waals surface area contributed by atoms with Crippen LogP contribution in [0.3, 0.4) is 0 Å². The first-order valence-electron chi connectivity index (χ1n) is 9.67. The molecule has 7 nitrogen and oxygen atoms in total. The maximum atomic E-state index is 12.6. The Bertz CT molecular complexity index is 835. The zero-order valence-electron chi connectivity index (χ0n) is 17.9. The number of hydrogen-bond acceptors (Lipinski definition) is 5. The van der Waals surface area contributed by atoms with Crippen LogP contribution in [-0.4, -0.2) is 63.4 Å². The second-order valence-corrected chi connectivity index (χ2v) is 8.61. The van der Waals surface area contributed by atoms with Crippen LogP contribution in [0.2, 0.25) is 0 Å². The van der Waals surface area contributed by atoms with Crippen LogP contribution in [0.5, 0.6) is 0 Å². The largest absolute Gasteiger partial charge is 0.343 e. The van der Waals surface area contributed by atoms with E-state index in [1.807, 2.05) is 83.6 Å². The minimum absolute atomic E-state index is 0.101. The van der Waals surface area contributed by atoms with Crippen LogP contribution in [0.4, 0.5) is 0 Å². The summed E-state index contributed by atoms with van der Waals surface area (Å²) in [5, 5.41) is 0. The van der Waals surface area contributed by atoms with Crippen LogP contribution in [0.1, 0.15) is 52.9 Å². The average Bonchev–Trinajstić information content (AvgIpc) is 3.03. The Hall–Kier alpha value is -2.57. The first-order valence-corrected chi connectivity index (χ1v) is 9.67. The minimum atomic E-state index is -0.694. The lowest BCUT2D eigenvalue weighted by Gasteiger charge is -2.36. The molecule has 0 fully saturated rings. The first kappa shape index (κ1) is 20.2. The van der Waals surface area contributed by atoms with Crippen molar-refractivity contribution < 1.29 is 9.59 Å². The number of carbonyl (C=O) groups is 2. The molecule has 150 valence electrons. The van der Waals surface area contributed by atoms with E-state index in [-0.39, 0.29) is 23.7 Å². The van der Waals surface area contributed by atoms with Gasteiger partial charge in [0.2, 0.25) is 0 Å². The highest BCUT2D eigenvalue weighted by Gasteiger charge is 2.49. The fourth-order valence-electron chi connectivity index (χ4n) is 3.71. The predicted octanol–water partition coefficient (Wildman–Crippen LogP) is 2.35. The summed E-state index contributed by atoms with van der Waals surface area (Å²) in [5.74, 6) is 0.966. The number of rotatable bonds is 4. The predicted molar refractivity (Wildman–Crippen MR) is 109 cm³/mol. The summed E-state index contributed by atoms with van der Waals surface area (Å²) in [5.41, 5.74) is -0.194. The second kappa shape index (κ2) is 6.50. The molecule has 0 saturated carbocycles. The molecule has 7 heteroatoms. The molecule has 0 aromatic carbocycles. The molecular formula is C21H29N5O2. The van der Waals surface area contributed by atoms with Crippen molar-refractivity contribution in [1.82, 2.24) is 14.8 Å². The lowest BCUT2D eigenvalue weighted by Crippen LogP contribution is -2.51. The fourth-order valence-corrected chi connectivity index (χ4v) is 3.71. The molecule has 0 bridgehead atoms. The van der Waals surface area contributed by atoms with Gasteiger partial charge in [-0.15, -0.1) is 0 Å². The van der Waals surface area contributed by atoms with E-state index in [0.717, 1.165) is 0 Å². The van der Waals surface area contributed by atoms with Crippen molar-refractivity contribution in [2.24, 2.45) is 21.8 Å². The van der Waals surface area contributed by atoms with Crippen LogP contribution in [0.25, 0.3) is 0 Å². The smallest absolute Gasteiger partial charge is 0.273 e. The second-order valence-electron chi connectivity index (χ2n) is 8.61. The Labute approximate surface area is 166 Å². The van der Waals surface area contributed by atoms with Gasteiger partial charge in [0.1, 0.15) is 22.5 Å². The SMILES string of the molecule is CC(C)C1(C)C(=O)N=C(c2cccc(C3=NC(=O)C(C)(C(C)C)N3C)n2)N1C. The first-order chi connectivity index (χ1) is 13.0. The monoisotopic (exact) mass is 383 g/mol. The van der Waals surface area contributed by atoms with Crippen LogP contribution in [0.15, 0.2) is 28.2 Å². The Morgan fingerprint density at radius 2 is 1.14 bits per heavy atom. The van der Waals surface area contributed by atoms with E-state index in [1.165, 1.54) is 0 Å². The van der Waals surface area contributed by atoms with E-state index in [4.69, 9.17) is 4.98 Å². The van der Waals surface area contributed by atoms with Gasteiger partial charge in [0, 0.05) is 14.1 Å². The van der Waals surface area contributed by atoms with Gasteiger partial charge in [0.15, 0.2) is 11.7 Å². The Morgan fingerprint density at radius 1 is 0.786 bits per heavy atom. The molecule has 1 aromatic rings. The molecule has 0 spiro atoms. The molecule has 0 saturated heterocycles. The van der Waals surface area contributed by atoms with Crippen molar-refractivity contribution in [1.29, 1.82) is 0 Å². The highest BCUT2D eigenvalue weighted by atomic mass is 16.2. The zero-order valence-corrected chi connectivity index (χ0v) is 17.9. The van der Waals surface area contributed by atoms with Gasteiger partial charge in [0.05, 0.1) is 0 Å². The minimum Gasteiger partial charge on any atom is -0.343 e. The standard InChI is InChI=1S/C21H29N5O2/c1-12(2)20(5)18(27)23-16(25(20)7)14-10-9-11-15(22-14)17-24-19(28)21(6,13(3)4)26(17)8/h9-13H,1-8H3. The third-order valence-corrected chi connectivity index (χ3v) is 6.77. The molecule has 2 aliphatic heterocycles. The molecule has 28 heavy (non-hydrogen) atoms. The Morgan fingerprint density at radius 3 is 1.43 bits per heavy atom. The van der Waals surface area contributed by atoms with Crippen molar-refractivity contribution >= 4 is 23.5 Å². The third kappa shape index (κ3) is 2.59. The highest BCUT2D eigenvalue weighted by Crippen LogP contribution is 2.33. The third-order valence-electron chi connectivity index (χ3n) is 6.77. The van der Waals surface area contributed by atoms with Gasteiger partial charge in [-0.05, 0) is 37.8 Å². The van der Waals surface area contributed by atoms with E-state index in [9.17, 15) is 9.59 Å². The van der Waals surface area contributed by atoms with Crippen molar-refractivity contribution in [3.8, 4) is 0 Å². The lowest BCUT2D eigenvalue weighted by molar-refractivity contribution is -0.127. The van der Waals surface area contributed by atoms with Crippen molar-refractivity contribution in [3.63, 3.8) is 0 Å². The van der Waals surface area contributed by atoms with Crippen molar-refractivity contribution in [2.75, 3.05) is 14.1 Å². The number of aromatic nitrogens is 1. The lowest BCUT2D eigenvalue weighted by atomic mass is 9.87. The van der Waals surface area contributed by atoms with Gasteiger partial charge >= 0.3 is 0 Å². The quantitative estimate of drug-likeness (QED) is 0.797. The van der Waals surface area contributed by atoms with E-state index in [2.05, 4.69) is 9.98 Å². The topological polar surface area (TPSA) is 78.2 Å². The molecule has 2 unspecified atom stereocenters. The normalized spacial score (nSPS) is 27.9. The van der Waals surface area contributed by atoms with Gasteiger partial charge in [-0.3, -0.25) is 9.59 Å². The molecule has 3 rings (SSSR count). The number of likely N-dealkylation sites (N-methyl/N-ethyl adjacent to an activating group) is 2. The van der Waals surface area contributed by atoms with Gasteiger partial charge in [-0.1, -0.05) is 33.8 Å². The van der Waals surface area contributed by atoms with Crippen LogP contribution in [-0.2, 0) is 9.59 Å². The number of pyridine rings is 1. The summed E-state index contributed by atoms with van der Waals surface area (Å²) in [6.45, 7) is 11.9. The highest BCUT2D eigenvalue weighted by molar-refractivity contribution is 6.15. The van der Waals surface area contributed by atoms with E-state index < -0.39 is 11.1 Å². The van der Waals surface area contributed by atoms with Crippen LogP contribution >= 0.6 is 0 Å². The number of hydrogen-bond donors (Lipinski definition) is 0. The number of amidine groups is 2. The summed E-state index contributed by atoms with van der Waals surface area (Å²) >= 11 is 0. The number of aliphatic imine (C=N–C) groups is 2. The molecule has 0 radical (unpaired) electrons. The molecule has 2 aliphatic rings. The van der Waals surface area contributed by atoms with Crippen molar-refractivity contribution in [3.05, 3.63) is 29.6 Å². The Balaban J connectivity index is 2.00. The summed E-state index contributed by atoms with van der Waals surface area (Å²) < 4.78 is 0. The zero-order chi connectivity index (χ0) is 21.0. The van der Waals surface area contributed by atoms with Crippen LogP contribution in [0, 0.1) is 11.8 Å². The molecular weight excluding hydrogens is 354 g/mol. The van der Waals surface area contributed by atoms with E-state index in [0.29, 0.717) is 23.1 Å². The summed E-state index contributed by atoms with van der Waals surface area (Å²) in [4.78, 5) is 42.3. The van der Waals surface area contributed by atoms with Crippen molar-refractivity contribution in [2.45, 2.75) is 52.6 Å². The molecule has 0 aliphatic carbocycles. The van der Waals surface area contributed by atoms with E-state index >= 15 is 0 Å². The van der Waals surface area contributed by atoms with Crippen LogP contribution < -0.4 is 0 Å². The fraction of sp³-hybridized carbons (Fsp3) is 0.571. The number of nitrogens with zero attached hydrogens (tertiary/aromatic N) is 5. The molecule has 3 heterocycles. The maximum Gasteiger partial charge on any atom is 0.273 e. The molecule has 2 amide bonds. The van der Waals surface area contributed by atoms with Gasteiger partial charge in [0.25, 0.3) is 11.8 Å². The molecule has 2 atom stereocenters. The summed E-state index contributed by atoms with van der Waals surface area (Å²) in [6.07, 6.45) is 0. The van der Waals surface area contributed by atoms with E-state index in [1.54, 1.807) is 0 Å². The Kier molecular flexibility index (Phi) is 4.68. The summed E-state index contributed by atoms with van der Waals surface area (Å²) in [7, 11) is 3.74. The van der Waals surface area contributed by atoms with Gasteiger partial charge in [-0.2, -0.15) is 9.98 Å². The summed E-state index contributed by atoms with van der Waals surface area (Å²) in [6, 6.07) is 5.52. The van der Waals surface area contributed by atoms with Gasteiger partial charge < -0.3 is 9.80 Å².